The Bertz CT molecular complexity index is 981. The molecule has 1 N–H and O–H groups in total. The van der Waals surface area contributed by atoms with Crippen molar-refractivity contribution in [1.29, 1.82) is 0 Å². The first-order valence-electron chi connectivity index (χ1n) is 7.59. The van der Waals surface area contributed by atoms with E-state index in [2.05, 4.69) is 27.4 Å². The van der Waals surface area contributed by atoms with Crippen LogP contribution in [-0.2, 0) is 6.54 Å². The Balaban J connectivity index is 1.52. The summed E-state index contributed by atoms with van der Waals surface area (Å²) in [5, 5.41) is 6.41. The predicted molar refractivity (Wildman–Crippen MR) is 105 cm³/mol. The molecule has 0 atom stereocenters. The van der Waals surface area contributed by atoms with Crippen LogP contribution >= 0.6 is 34.3 Å². The van der Waals surface area contributed by atoms with E-state index in [9.17, 15) is 0 Å². The number of pyridine rings is 1. The summed E-state index contributed by atoms with van der Waals surface area (Å²) in [6.45, 7) is 0.699. The smallest absolute Gasteiger partial charge is 0.183 e. The van der Waals surface area contributed by atoms with Crippen molar-refractivity contribution >= 4 is 40.0 Å². The van der Waals surface area contributed by atoms with Crippen LogP contribution in [0, 0.1) is 0 Å². The van der Waals surface area contributed by atoms with E-state index in [1.165, 1.54) is 11.3 Å². The quantitative estimate of drug-likeness (QED) is 0.487. The van der Waals surface area contributed by atoms with Crippen molar-refractivity contribution in [3.63, 3.8) is 0 Å². The first-order chi connectivity index (χ1) is 12.3. The first kappa shape index (κ1) is 16.2. The molecular formula is C18H13ClN4S2. The Morgan fingerprint density at radius 1 is 1.04 bits per heavy atom. The molecule has 7 heteroatoms. The maximum Gasteiger partial charge on any atom is 0.183 e. The number of halogens is 1. The molecule has 4 aromatic rings. The zero-order chi connectivity index (χ0) is 17.1. The van der Waals surface area contributed by atoms with Crippen molar-refractivity contribution in [2.24, 2.45) is 0 Å². The van der Waals surface area contributed by atoms with Gasteiger partial charge in [0, 0.05) is 33.9 Å². The Morgan fingerprint density at radius 3 is 2.80 bits per heavy atom. The summed E-state index contributed by atoms with van der Waals surface area (Å²) in [4.78, 5) is 14.2. The van der Waals surface area contributed by atoms with Crippen molar-refractivity contribution in [2.45, 2.75) is 6.54 Å². The fraction of sp³-hybridized carbons (Fsp3) is 0.0556. The van der Waals surface area contributed by atoms with E-state index >= 15 is 0 Å². The summed E-state index contributed by atoms with van der Waals surface area (Å²) < 4.78 is 0.565. The molecule has 124 valence electrons. The molecule has 0 aliphatic carbocycles. The molecular weight excluding hydrogens is 372 g/mol. The molecule has 0 saturated heterocycles. The predicted octanol–water partition coefficient (Wildman–Crippen LogP) is 5.59. The molecule has 25 heavy (non-hydrogen) atoms. The minimum absolute atomic E-state index is 0.565. The van der Waals surface area contributed by atoms with E-state index in [0.29, 0.717) is 11.0 Å². The summed E-state index contributed by atoms with van der Waals surface area (Å²) >= 11 is 8.97. The van der Waals surface area contributed by atoms with E-state index in [1.807, 2.05) is 35.7 Å². The third-order valence-corrected chi connectivity index (χ3v) is 5.54. The van der Waals surface area contributed by atoms with Gasteiger partial charge in [0.2, 0.25) is 0 Å². The average Bonchev–Trinajstić information content (AvgIpc) is 3.30. The number of rotatable bonds is 5. The number of thiazole rings is 2. The highest BCUT2D eigenvalue weighted by atomic mass is 35.5. The van der Waals surface area contributed by atoms with Gasteiger partial charge in [-0.1, -0.05) is 29.8 Å². The molecule has 0 aliphatic rings. The van der Waals surface area contributed by atoms with Crippen LogP contribution in [0.5, 0.6) is 0 Å². The van der Waals surface area contributed by atoms with Gasteiger partial charge < -0.3 is 5.32 Å². The van der Waals surface area contributed by atoms with E-state index in [0.717, 1.165) is 32.5 Å². The van der Waals surface area contributed by atoms with Gasteiger partial charge in [-0.2, -0.15) is 0 Å². The van der Waals surface area contributed by atoms with Crippen molar-refractivity contribution in [2.75, 3.05) is 5.32 Å². The Morgan fingerprint density at radius 2 is 2.00 bits per heavy atom. The fourth-order valence-corrected chi connectivity index (χ4v) is 4.08. The van der Waals surface area contributed by atoms with Crippen LogP contribution in [0.25, 0.3) is 22.0 Å². The number of benzene rings is 1. The van der Waals surface area contributed by atoms with E-state index < -0.39 is 0 Å². The van der Waals surface area contributed by atoms with Gasteiger partial charge in [0.25, 0.3) is 0 Å². The van der Waals surface area contributed by atoms with Crippen LogP contribution in [-0.4, -0.2) is 15.0 Å². The van der Waals surface area contributed by atoms with Gasteiger partial charge in [0.1, 0.15) is 10.7 Å². The van der Waals surface area contributed by atoms with Crippen LogP contribution in [0.1, 0.15) is 4.88 Å². The molecule has 0 unspecified atom stereocenters. The molecule has 3 heterocycles. The topological polar surface area (TPSA) is 50.7 Å². The minimum atomic E-state index is 0.565. The third kappa shape index (κ3) is 3.87. The summed E-state index contributed by atoms with van der Waals surface area (Å²) in [5.41, 5.74) is 3.91. The maximum absolute atomic E-state index is 5.87. The van der Waals surface area contributed by atoms with Gasteiger partial charge in [0.15, 0.2) is 4.47 Å². The van der Waals surface area contributed by atoms with Crippen molar-refractivity contribution in [3.8, 4) is 22.0 Å². The lowest BCUT2D eigenvalue weighted by Gasteiger charge is -2.06. The second-order valence-corrected chi connectivity index (χ2v) is 7.82. The number of hydrogen-bond donors (Lipinski definition) is 1. The van der Waals surface area contributed by atoms with E-state index in [-0.39, 0.29) is 0 Å². The standard InChI is InChI=1S/C18H13ClN4S2/c19-18-22-10-14(25-18)9-21-13-5-3-4-12(8-13)17-23-16(11-24-17)15-6-1-2-7-20-15/h1-8,10-11,21H,9H2. The number of anilines is 1. The van der Waals surface area contributed by atoms with Crippen LogP contribution in [0.3, 0.4) is 0 Å². The molecule has 4 nitrogen and oxygen atoms in total. The second-order valence-electron chi connectivity index (χ2n) is 5.27. The SMILES string of the molecule is Clc1ncc(CNc2cccc(-c3nc(-c4ccccn4)cs3)c2)s1. The van der Waals surface area contributed by atoms with Gasteiger partial charge >= 0.3 is 0 Å². The molecule has 0 aliphatic heterocycles. The normalized spacial score (nSPS) is 10.8. The van der Waals surface area contributed by atoms with Gasteiger partial charge in [-0.15, -0.1) is 22.7 Å². The lowest BCUT2D eigenvalue weighted by Crippen LogP contribution is -1.97. The Kier molecular flexibility index (Phi) is 4.74. The summed E-state index contributed by atoms with van der Waals surface area (Å²) in [6, 6.07) is 14.1. The average molecular weight is 385 g/mol. The van der Waals surface area contributed by atoms with Gasteiger partial charge in [-0.3, -0.25) is 4.98 Å². The highest BCUT2D eigenvalue weighted by molar-refractivity contribution is 7.15. The molecule has 3 aromatic heterocycles. The molecule has 0 spiro atoms. The minimum Gasteiger partial charge on any atom is -0.380 e. The molecule has 0 radical (unpaired) electrons. The Labute approximate surface area is 158 Å². The van der Waals surface area contributed by atoms with E-state index in [1.54, 1.807) is 23.7 Å². The van der Waals surface area contributed by atoms with Crippen LogP contribution in [0.2, 0.25) is 4.47 Å². The largest absolute Gasteiger partial charge is 0.380 e. The van der Waals surface area contributed by atoms with Gasteiger partial charge in [0.05, 0.1) is 12.2 Å². The molecule has 1 aromatic carbocycles. The molecule has 0 amide bonds. The number of nitrogens with zero attached hydrogens (tertiary/aromatic N) is 3. The third-order valence-electron chi connectivity index (χ3n) is 3.53. The van der Waals surface area contributed by atoms with Gasteiger partial charge in [-0.05, 0) is 24.3 Å². The molecule has 0 saturated carbocycles. The van der Waals surface area contributed by atoms with Crippen LogP contribution in [0.15, 0.2) is 60.2 Å². The lowest BCUT2D eigenvalue weighted by molar-refractivity contribution is 1.17. The maximum atomic E-state index is 5.87. The highest BCUT2D eigenvalue weighted by Gasteiger charge is 2.08. The first-order valence-corrected chi connectivity index (χ1v) is 9.67. The molecule has 0 fully saturated rings. The monoisotopic (exact) mass is 384 g/mol. The summed E-state index contributed by atoms with van der Waals surface area (Å²) in [7, 11) is 0. The zero-order valence-electron chi connectivity index (χ0n) is 13.0. The number of hydrogen-bond acceptors (Lipinski definition) is 6. The fourth-order valence-electron chi connectivity index (χ4n) is 2.35. The summed E-state index contributed by atoms with van der Waals surface area (Å²) in [6.07, 6.45) is 3.58. The van der Waals surface area contributed by atoms with Crippen molar-refractivity contribution in [1.82, 2.24) is 15.0 Å². The van der Waals surface area contributed by atoms with Gasteiger partial charge in [-0.25, -0.2) is 9.97 Å². The zero-order valence-corrected chi connectivity index (χ0v) is 15.4. The number of nitrogens with one attached hydrogen (secondary N) is 1. The van der Waals surface area contributed by atoms with Crippen LogP contribution < -0.4 is 5.32 Å². The highest BCUT2D eigenvalue weighted by Crippen LogP contribution is 2.29. The Hall–Kier alpha value is -2.28. The summed E-state index contributed by atoms with van der Waals surface area (Å²) in [5.74, 6) is 0. The number of aromatic nitrogens is 3. The lowest BCUT2D eigenvalue weighted by atomic mass is 10.2. The second kappa shape index (κ2) is 7.31. The molecule has 4 rings (SSSR count). The van der Waals surface area contributed by atoms with Crippen molar-refractivity contribution < 1.29 is 0 Å². The van der Waals surface area contributed by atoms with Crippen molar-refractivity contribution in [3.05, 3.63) is 69.6 Å². The molecule has 0 bridgehead atoms. The van der Waals surface area contributed by atoms with E-state index in [4.69, 9.17) is 16.6 Å². The van der Waals surface area contributed by atoms with Crippen LogP contribution in [0.4, 0.5) is 5.69 Å².